The second-order valence-corrected chi connectivity index (χ2v) is 6.77. The molecule has 0 radical (unpaired) electrons. The number of carbonyl (C=O) groups is 2. The van der Waals surface area contributed by atoms with Gasteiger partial charge in [-0.15, -0.1) is 0 Å². The largest absolute Gasteiger partial charge is 0.454 e. The summed E-state index contributed by atoms with van der Waals surface area (Å²) in [5.74, 6) is 1.46. The average Bonchev–Trinajstić information content (AvgIpc) is 3.02. The molecule has 0 unspecified atom stereocenters. The van der Waals surface area contributed by atoms with Gasteiger partial charge in [-0.2, -0.15) is 0 Å². The molecule has 1 heterocycles. The average molecular weight is 332 g/mol. The van der Waals surface area contributed by atoms with Crippen molar-refractivity contribution in [3.8, 4) is 11.5 Å². The van der Waals surface area contributed by atoms with Gasteiger partial charge in [-0.25, -0.2) is 0 Å². The van der Waals surface area contributed by atoms with E-state index in [1.165, 1.54) is 0 Å². The summed E-state index contributed by atoms with van der Waals surface area (Å²) in [7, 11) is 0. The van der Waals surface area contributed by atoms with Crippen molar-refractivity contribution in [2.24, 2.45) is 11.8 Å². The predicted octanol–water partition coefficient (Wildman–Crippen LogP) is 2.68. The zero-order valence-corrected chi connectivity index (χ0v) is 14.1. The molecule has 130 valence electrons. The van der Waals surface area contributed by atoms with E-state index in [0.29, 0.717) is 17.2 Å². The Morgan fingerprint density at radius 1 is 1.00 bits per heavy atom. The molecule has 1 saturated carbocycles. The Bertz CT molecular complexity index is 621. The topological polar surface area (TPSA) is 76.7 Å². The Morgan fingerprint density at radius 3 is 2.29 bits per heavy atom. The highest BCUT2D eigenvalue weighted by molar-refractivity contribution is 5.93. The van der Waals surface area contributed by atoms with Crippen LogP contribution in [0.3, 0.4) is 0 Å². The number of amides is 2. The first kappa shape index (κ1) is 16.6. The maximum absolute atomic E-state index is 12.4. The number of hydrogen-bond donors (Lipinski definition) is 2. The Kier molecular flexibility index (Phi) is 4.92. The smallest absolute Gasteiger partial charge is 0.231 e. The summed E-state index contributed by atoms with van der Waals surface area (Å²) in [6, 6.07) is 5.55. The lowest BCUT2D eigenvalue weighted by atomic mass is 9.81. The molecule has 6 nitrogen and oxygen atoms in total. The SMILES string of the molecule is CC(C)NC(=O)C1CCC(C(=O)Nc2ccc3c(c2)OCO3)CC1. The highest BCUT2D eigenvalue weighted by Gasteiger charge is 2.30. The van der Waals surface area contributed by atoms with Crippen LogP contribution in [0.5, 0.6) is 11.5 Å². The minimum absolute atomic E-state index is 0.0107. The fourth-order valence-corrected chi connectivity index (χ4v) is 3.24. The third-order valence-corrected chi connectivity index (χ3v) is 4.54. The summed E-state index contributed by atoms with van der Waals surface area (Å²) < 4.78 is 10.6. The Hall–Kier alpha value is -2.24. The van der Waals surface area contributed by atoms with Crippen LogP contribution in [-0.4, -0.2) is 24.6 Å². The zero-order valence-electron chi connectivity index (χ0n) is 14.1. The van der Waals surface area contributed by atoms with Crippen molar-refractivity contribution in [3.05, 3.63) is 18.2 Å². The quantitative estimate of drug-likeness (QED) is 0.889. The van der Waals surface area contributed by atoms with Crippen molar-refractivity contribution >= 4 is 17.5 Å². The molecule has 1 aromatic carbocycles. The normalized spacial score (nSPS) is 22.3. The summed E-state index contributed by atoms with van der Waals surface area (Å²) in [6.07, 6.45) is 3.01. The molecule has 2 aliphatic rings. The molecule has 0 aromatic heterocycles. The van der Waals surface area contributed by atoms with Crippen LogP contribution in [0.1, 0.15) is 39.5 Å². The lowest BCUT2D eigenvalue weighted by Gasteiger charge is -2.27. The number of benzene rings is 1. The van der Waals surface area contributed by atoms with E-state index in [2.05, 4.69) is 10.6 Å². The molecule has 1 aliphatic carbocycles. The number of anilines is 1. The van der Waals surface area contributed by atoms with Crippen LogP contribution in [0.15, 0.2) is 18.2 Å². The molecule has 3 rings (SSSR count). The van der Waals surface area contributed by atoms with Gasteiger partial charge < -0.3 is 20.1 Å². The monoisotopic (exact) mass is 332 g/mol. The molecular formula is C18H24N2O4. The van der Waals surface area contributed by atoms with Gasteiger partial charge in [0, 0.05) is 29.6 Å². The van der Waals surface area contributed by atoms with Crippen LogP contribution < -0.4 is 20.1 Å². The second-order valence-electron chi connectivity index (χ2n) is 6.77. The van der Waals surface area contributed by atoms with E-state index in [0.717, 1.165) is 25.7 Å². The van der Waals surface area contributed by atoms with E-state index >= 15 is 0 Å². The highest BCUT2D eigenvalue weighted by atomic mass is 16.7. The van der Waals surface area contributed by atoms with Gasteiger partial charge in [0.25, 0.3) is 0 Å². The van der Waals surface area contributed by atoms with Gasteiger partial charge in [0.15, 0.2) is 11.5 Å². The van der Waals surface area contributed by atoms with Crippen LogP contribution in [0.2, 0.25) is 0 Å². The van der Waals surface area contributed by atoms with Gasteiger partial charge >= 0.3 is 0 Å². The Morgan fingerprint density at radius 2 is 1.62 bits per heavy atom. The van der Waals surface area contributed by atoms with Crippen LogP contribution >= 0.6 is 0 Å². The van der Waals surface area contributed by atoms with E-state index < -0.39 is 0 Å². The molecule has 6 heteroatoms. The fraction of sp³-hybridized carbons (Fsp3) is 0.556. The van der Waals surface area contributed by atoms with Gasteiger partial charge in [-0.1, -0.05) is 0 Å². The van der Waals surface area contributed by atoms with Crippen LogP contribution in [-0.2, 0) is 9.59 Å². The number of carbonyl (C=O) groups excluding carboxylic acids is 2. The van der Waals surface area contributed by atoms with E-state index in [1.807, 2.05) is 19.9 Å². The van der Waals surface area contributed by atoms with E-state index in [9.17, 15) is 9.59 Å². The third-order valence-electron chi connectivity index (χ3n) is 4.54. The van der Waals surface area contributed by atoms with Crippen LogP contribution in [0.25, 0.3) is 0 Å². The predicted molar refractivity (Wildman–Crippen MR) is 89.9 cm³/mol. The summed E-state index contributed by atoms with van der Waals surface area (Å²) >= 11 is 0. The lowest BCUT2D eigenvalue weighted by Crippen LogP contribution is -2.38. The molecule has 0 saturated heterocycles. The maximum atomic E-state index is 12.4. The Labute approximate surface area is 141 Å². The summed E-state index contributed by atoms with van der Waals surface area (Å²) in [6.45, 7) is 4.14. The van der Waals surface area contributed by atoms with E-state index in [1.54, 1.807) is 12.1 Å². The molecule has 0 bridgehead atoms. The first-order valence-corrected chi connectivity index (χ1v) is 8.54. The highest BCUT2D eigenvalue weighted by Crippen LogP contribution is 2.35. The fourth-order valence-electron chi connectivity index (χ4n) is 3.24. The van der Waals surface area contributed by atoms with E-state index in [-0.39, 0.29) is 36.5 Å². The standard InChI is InChI=1S/C18H24N2O4/c1-11(2)19-17(21)12-3-5-13(6-4-12)18(22)20-14-7-8-15-16(9-14)24-10-23-15/h7-9,11-13H,3-6,10H2,1-2H3,(H,19,21)(H,20,22). The van der Waals surface area contributed by atoms with Crippen molar-refractivity contribution in [1.82, 2.24) is 5.32 Å². The molecule has 2 N–H and O–H groups in total. The number of fused-ring (bicyclic) bond motifs is 1. The molecule has 0 spiro atoms. The minimum atomic E-state index is -0.0430. The van der Waals surface area contributed by atoms with Gasteiger partial charge in [0.2, 0.25) is 18.6 Å². The number of hydrogen-bond acceptors (Lipinski definition) is 4. The van der Waals surface area contributed by atoms with Crippen LogP contribution in [0, 0.1) is 11.8 Å². The zero-order chi connectivity index (χ0) is 17.1. The number of nitrogens with one attached hydrogen (secondary N) is 2. The summed E-state index contributed by atoms with van der Waals surface area (Å²) in [5.41, 5.74) is 0.712. The minimum Gasteiger partial charge on any atom is -0.454 e. The van der Waals surface area contributed by atoms with Gasteiger partial charge in [-0.05, 0) is 51.7 Å². The first-order valence-electron chi connectivity index (χ1n) is 8.54. The van der Waals surface area contributed by atoms with Crippen LogP contribution in [0.4, 0.5) is 5.69 Å². The summed E-state index contributed by atoms with van der Waals surface area (Å²) in [4.78, 5) is 24.5. The molecule has 1 aliphatic heterocycles. The van der Waals surface area contributed by atoms with Crippen molar-refractivity contribution in [2.45, 2.75) is 45.6 Å². The molecular weight excluding hydrogens is 308 g/mol. The number of rotatable bonds is 4. The number of ether oxygens (including phenoxy) is 2. The van der Waals surface area contributed by atoms with Crippen molar-refractivity contribution < 1.29 is 19.1 Å². The molecule has 1 aromatic rings. The van der Waals surface area contributed by atoms with E-state index in [4.69, 9.17) is 9.47 Å². The summed E-state index contributed by atoms with van der Waals surface area (Å²) in [5, 5.41) is 5.90. The Balaban J connectivity index is 1.51. The second kappa shape index (κ2) is 7.11. The van der Waals surface area contributed by atoms with Crippen molar-refractivity contribution in [1.29, 1.82) is 0 Å². The van der Waals surface area contributed by atoms with Gasteiger partial charge in [0.05, 0.1) is 0 Å². The first-order chi connectivity index (χ1) is 11.5. The third kappa shape index (κ3) is 3.80. The molecule has 2 amide bonds. The van der Waals surface area contributed by atoms with Gasteiger partial charge in [0.1, 0.15) is 0 Å². The lowest BCUT2D eigenvalue weighted by molar-refractivity contribution is -0.128. The molecule has 0 atom stereocenters. The maximum Gasteiger partial charge on any atom is 0.231 e. The van der Waals surface area contributed by atoms with Crippen molar-refractivity contribution in [3.63, 3.8) is 0 Å². The molecule has 1 fully saturated rings. The van der Waals surface area contributed by atoms with Crippen molar-refractivity contribution in [2.75, 3.05) is 12.1 Å². The molecule has 24 heavy (non-hydrogen) atoms. The van der Waals surface area contributed by atoms with Gasteiger partial charge in [-0.3, -0.25) is 9.59 Å².